The van der Waals surface area contributed by atoms with Gasteiger partial charge in [-0.3, -0.25) is 0 Å². The van der Waals surface area contributed by atoms with Crippen LogP contribution in [0.1, 0.15) is 30.9 Å². The third-order valence-electron chi connectivity index (χ3n) is 4.93. The molecule has 7 nitrogen and oxygen atoms in total. The first-order chi connectivity index (χ1) is 15.0. The maximum atomic E-state index is 13.8. The Kier molecular flexibility index (Phi) is 8.39. The Hall–Kier alpha value is -2.49. The van der Waals surface area contributed by atoms with E-state index in [9.17, 15) is 12.8 Å². The molecule has 0 aliphatic carbocycles. The molecule has 2 aromatic rings. The molecule has 1 unspecified atom stereocenters. The van der Waals surface area contributed by atoms with Gasteiger partial charge in [0.25, 0.3) is 0 Å². The fourth-order valence-electron chi connectivity index (χ4n) is 3.20. The molecule has 2 aromatic carbocycles. The standard InChI is InChI=1S/C22H29FN4O3S/c1-2-24-22(26-15-18-6-3-4-8-21(18)23)25-14-17-9-11-20(12-10-17)31(28,29)27-16-19-7-5-13-30-19/h3-4,6,8-12,19,27H,2,5,7,13-16H2,1H3,(H2,24,25,26). The molecule has 1 fully saturated rings. The number of aliphatic imine (C=N–C) groups is 1. The summed E-state index contributed by atoms with van der Waals surface area (Å²) >= 11 is 0. The average Bonchev–Trinajstić information content (AvgIpc) is 3.29. The molecule has 3 N–H and O–H groups in total. The Morgan fingerprint density at radius 2 is 1.94 bits per heavy atom. The summed E-state index contributed by atoms with van der Waals surface area (Å²) in [5, 5.41) is 6.23. The van der Waals surface area contributed by atoms with Crippen molar-refractivity contribution in [1.29, 1.82) is 0 Å². The predicted molar refractivity (Wildman–Crippen MR) is 119 cm³/mol. The average molecular weight is 449 g/mol. The third kappa shape index (κ3) is 7.02. The molecule has 1 saturated heterocycles. The Labute approximate surface area is 183 Å². The van der Waals surface area contributed by atoms with Gasteiger partial charge in [0.15, 0.2) is 5.96 Å². The van der Waals surface area contributed by atoms with Gasteiger partial charge < -0.3 is 15.4 Å². The summed E-state index contributed by atoms with van der Waals surface area (Å²) in [5.41, 5.74) is 1.42. The second kappa shape index (κ2) is 11.2. The lowest BCUT2D eigenvalue weighted by Crippen LogP contribution is -2.37. The predicted octanol–water partition coefficient (Wildman–Crippen LogP) is 2.54. The van der Waals surface area contributed by atoms with E-state index in [1.807, 2.05) is 6.92 Å². The first-order valence-electron chi connectivity index (χ1n) is 10.4. The molecule has 0 radical (unpaired) electrons. The monoisotopic (exact) mass is 448 g/mol. The Bertz CT molecular complexity index is 975. The van der Waals surface area contributed by atoms with Crippen LogP contribution in [-0.4, -0.2) is 40.2 Å². The molecular formula is C22H29FN4O3S. The van der Waals surface area contributed by atoms with Crippen molar-refractivity contribution in [3.63, 3.8) is 0 Å². The molecule has 9 heteroatoms. The first-order valence-corrected chi connectivity index (χ1v) is 11.9. The number of nitrogens with one attached hydrogen (secondary N) is 3. The number of guanidine groups is 1. The van der Waals surface area contributed by atoms with Gasteiger partial charge in [-0.15, -0.1) is 0 Å². The summed E-state index contributed by atoms with van der Waals surface area (Å²) in [4.78, 5) is 4.71. The summed E-state index contributed by atoms with van der Waals surface area (Å²) in [7, 11) is -3.57. The molecule has 1 aliphatic rings. The van der Waals surface area contributed by atoms with Crippen LogP contribution in [0.5, 0.6) is 0 Å². The number of hydrogen-bond donors (Lipinski definition) is 3. The molecule has 0 amide bonds. The van der Waals surface area contributed by atoms with Crippen molar-refractivity contribution >= 4 is 16.0 Å². The fraction of sp³-hybridized carbons (Fsp3) is 0.409. The summed E-state index contributed by atoms with van der Waals surface area (Å²) in [6.07, 6.45) is 1.79. The van der Waals surface area contributed by atoms with Crippen molar-refractivity contribution in [2.45, 2.75) is 43.9 Å². The zero-order chi connectivity index (χ0) is 22.1. The second-order valence-electron chi connectivity index (χ2n) is 7.27. The molecule has 0 spiro atoms. The minimum atomic E-state index is -3.57. The van der Waals surface area contributed by atoms with E-state index in [-0.39, 0.29) is 23.4 Å². The molecule has 1 heterocycles. The Morgan fingerprint density at radius 1 is 1.16 bits per heavy atom. The molecule has 0 saturated carbocycles. The van der Waals surface area contributed by atoms with Crippen LogP contribution in [0, 0.1) is 5.82 Å². The third-order valence-corrected chi connectivity index (χ3v) is 6.37. The summed E-state index contributed by atoms with van der Waals surface area (Å²) in [5.74, 6) is 0.288. The number of nitrogens with zero attached hydrogens (tertiary/aromatic N) is 1. The van der Waals surface area contributed by atoms with E-state index in [0.717, 1.165) is 18.4 Å². The smallest absolute Gasteiger partial charge is 0.240 e. The van der Waals surface area contributed by atoms with Crippen LogP contribution >= 0.6 is 0 Å². The van der Waals surface area contributed by atoms with Gasteiger partial charge in [0.2, 0.25) is 10.0 Å². The van der Waals surface area contributed by atoms with E-state index in [1.54, 1.807) is 42.5 Å². The lowest BCUT2D eigenvalue weighted by atomic mass is 10.2. The van der Waals surface area contributed by atoms with Crippen LogP contribution in [0.25, 0.3) is 0 Å². The number of ether oxygens (including phenoxy) is 1. The van der Waals surface area contributed by atoms with E-state index in [4.69, 9.17) is 4.74 Å². The summed E-state index contributed by atoms with van der Waals surface area (Å²) in [6, 6.07) is 13.2. The van der Waals surface area contributed by atoms with E-state index >= 15 is 0 Å². The van der Waals surface area contributed by atoms with Crippen molar-refractivity contribution in [2.75, 3.05) is 19.7 Å². The number of hydrogen-bond acceptors (Lipinski definition) is 4. The highest BCUT2D eigenvalue weighted by Crippen LogP contribution is 2.14. The zero-order valence-electron chi connectivity index (χ0n) is 17.6. The largest absolute Gasteiger partial charge is 0.377 e. The van der Waals surface area contributed by atoms with Crippen molar-refractivity contribution in [3.8, 4) is 0 Å². The van der Waals surface area contributed by atoms with E-state index in [2.05, 4.69) is 20.3 Å². The zero-order valence-corrected chi connectivity index (χ0v) is 18.4. The van der Waals surface area contributed by atoms with Crippen LogP contribution in [0.2, 0.25) is 0 Å². The fourth-order valence-corrected chi connectivity index (χ4v) is 4.26. The number of benzene rings is 2. The van der Waals surface area contributed by atoms with Gasteiger partial charge in [-0.05, 0) is 43.5 Å². The van der Waals surface area contributed by atoms with Crippen LogP contribution in [0.4, 0.5) is 4.39 Å². The number of rotatable bonds is 9. The highest BCUT2D eigenvalue weighted by atomic mass is 32.2. The first kappa shape index (κ1) is 23.2. The van der Waals surface area contributed by atoms with Gasteiger partial charge in [-0.25, -0.2) is 22.5 Å². The lowest BCUT2D eigenvalue weighted by Gasteiger charge is -2.12. The molecule has 31 heavy (non-hydrogen) atoms. The van der Waals surface area contributed by atoms with Crippen LogP contribution in [0.3, 0.4) is 0 Å². The molecule has 1 atom stereocenters. The molecule has 1 aliphatic heterocycles. The van der Waals surface area contributed by atoms with Crippen molar-refractivity contribution in [1.82, 2.24) is 15.4 Å². The number of sulfonamides is 1. The quantitative estimate of drug-likeness (QED) is 0.405. The topological polar surface area (TPSA) is 91.8 Å². The Morgan fingerprint density at radius 3 is 2.61 bits per heavy atom. The van der Waals surface area contributed by atoms with Crippen LogP contribution in [-0.2, 0) is 27.8 Å². The van der Waals surface area contributed by atoms with Gasteiger partial charge in [-0.1, -0.05) is 30.3 Å². The summed E-state index contributed by atoms with van der Waals surface area (Å²) in [6.45, 7) is 4.25. The van der Waals surface area contributed by atoms with Gasteiger partial charge >= 0.3 is 0 Å². The molecule has 168 valence electrons. The lowest BCUT2D eigenvalue weighted by molar-refractivity contribution is 0.114. The normalized spacial score (nSPS) is 17.0. The van der Waals surface area contributed by atoms with Gasteiger partial charge in [-0.2, -0.15) is 0 Å². The van der Waals surface area contributed by atoms with Crippen molar-refractivity contribution in [3.05, 3.63) is 65.5 Å². The van der Waals surface area contributed by atoms with Crippen LogP contribution in [0.15, 0.2) is 58.4 Å². The molecule has 0 bridgehead atoms. The molecular weight excluding hydrogens is 419 g/mol. The highest BCUT2D eigenvalue weighted by molar-refractivity contribution is 7.89. The van der Waals surface area contributed by atoms with Crippen molar-refractivity contribution < 1.29 is 17.5 Å². The van der Waals surface area contributed by atoms with Gasteiger partial charge in [0.1, 0.15) is 5.82 Å². The van der Waals surface area contributed by atoms with Gasteiger partial charge in [0, 0.05) is 31.8 Å². The summed E-state index contributed by atoms with van der Waals surface area (Å²) < 4.78 is 46.8. The maximum absolute atomic E-state index is 13.8. The minimum absolute atomic E-state index is 0.0512. The Balaban J connectivity index is 1.57. The van der Waals surface area contributed by atoms with Crippen LogP contribution < -0.4 is 15.4 Å². The van der Waals surface area contributed by atoms with E-state index < -0.39 is 10.0 Å². The van der Waals surface area contributed by atoms with Gasteiger partial charge in [0.05, 0.1) is 17.5 Å². The molecule has 0 aromatic heterocycles. The SMILES string of the molecule is CCNC(=NCc1ccc(S(=O)(=O)NCC2CCCO2)cc1)NCc1ccccc1F. The highest BCUT2D eigenvalue weighted by Gasteiger charge is 2.20. The number of halogens is 1. The van der Waals surface area contributed by atoms with E-state index in [1.165, 1.54) is 6.07 Å². The maximum Gasteiger partial charge on any atom is 0.240 e. The molecule has 3 rings (SSSR count). The van der Waals surface area contributed by atoms with E-state index in [0.29, 0.717) is 37.8 Å². The minimum Gasteiger partial charge on any atom is -0.377 e. The second-order valence-corrected chi connectivity index (χ2v) is 9.04. The van der Waals surface area contributed by atoms with Crippen molar-refractivity contribution in [2.24, 2.45) is 4.99 Å².